The van der Waals surface area contributed by atoms with Crippen molar-refractivity contribution in [3.8, 4) is 0 Å². The normalized spacial score (nSPS) is 23.1. The summed E-state index contributed by atoms with van der Waals surface area (Å²) in [7, 11) is 0. The molecule has 2 amide bonds. The molecule has 2 N–H and O–H groups in total. The van der Waals surface area contributed by atoms with Crippen LogP contribution in [0.15, 0.2) is 30.6 Å². The number of rotatable bonds is 4. The molecule has 206 valence electrons. The van der Waals surface area contributed by atoms with Gasteiger partial charge in [0.1, 0.15) is 17.5 Å². The summed E-state index contributed by atoms with van der Waals surface area (Å²) in [6.07, 6.45) is 9.24. The SMILES string of the molecule is CC(C)(C)OC(=O)NC(C(=O)N1CCC2C1C(c1c[nH]c3cc(F)ccc13)=CN2C1CCCC1)C(C)(C)C. The maximum atomic E-state index is 14.2. The summed E-state index contributed by atoms with van der Waals surface area (Å²) in [5.74, 6) is -0.378. The van der Waals surface area contributed by atoms with Gasteiger partial charge in [0.25, 0.3) is 0 Å². The van der Waals surface area contributed by atoms with Crippen LogP contribution in [0.2, 0.25) is 0 Å². The molecule has 8 heteroatoms. The predicted octanol–water partition coefficient (Wildman–Crippen LogP) is 5.82. The van der Waals surface area contributed by atoms with E-state index in [0.29, 0.717) is 12.6 Å². The predicted molar refractivity (Wildman–Crippen MR) is 147 cm³/mol. The Morgan fingerprint density at radius 1 is 1.11 bits per heavy atom. The highest BCUT2D eigenvalue weighted by atomic mass is 19.1. The number of amides is 2. The Kier molecular flexibility index (Phi) is 6.72. The number of likely N-dealkylation sites (tertiary alicyclic amines) is 1. The van der Waals surface area contributed by atoms with E-state index in [1.807, 2.05) is 58.7 Å². The fraction of sp³-hybridized carbons (Fsp3) is 0.600. The minimum atomic E-state index is -0.741. The summed E-state index contributed by atoms with van der Waals surface area (Å²) < 4.78 is 19.4. The van der Waals surface area contributed by atoms with Gasteiger partial charge in [-0.05, 0) is 63.6 Å². The molecule has 3 heterocycles. The zero-order chi connectivity index (χ0) is 27.4. The summed E-state index contributed by atoms with van der Waals surface area (Å²) in [6.45, 7) is 11.9. The number of hydrogen-bond acceptors (Lipinski definition) is 4. The maximum absolute atomic E-state index is 14.2. The Morgan fingerprint density at radius 3 is 2.47 bits per heavy atom. The second-order valence-corrected chi connectivity index (χ2v) is 13.1. The van der Waals surface area contributed by atoms with Crippen molar-refractivity contribution in [2.24, 2.45) is 5.41 Å². The molecule has 2 fully saturated rings. The number of nitrogens with one attached hydrogen (secondary N) is 2. The standard InChI is InChI=1S/C30H41FN4O3/c1-29(2,3)26(33-28(37)38-30(4,5)6)27(36)34-14-13-24-25(34)22(17-35(24)19-9-7-8-10-19)21-16-32-23-15-18(31)11-12-20(21)23/h11-12,15-17,19,24-26,32H,7-10,13-14H2,1-6H3,(H,33,37). The molecule has 2 aliphatic heterocycles. The van der Waals surface area contributed by atoms with Gasteiger partial charge >= 0.3 is 6.09 Å². The van der Waals surface area contributed by atoms with Crippen LogP contribution in [0.1, 0.15) is 79.2 Å². The van der Waals surface area contributed by atoms with Crippen molar-refractivity contribution in [1.29, 1.82) is 0 Å². The number of carbonyl (C=O) groups is 2. The van der Waals surface area contributed by atoms with Crippen molar-refractivity contribution in [3.63, 3.8) is 0 Å². The fourth-order valence-corrected chi connectivity index (χ4v) is 6.43. The van der Waals surface area contributed by atoms with Crippen LogP contribution in [0.5, 0.6) is 0 Å². The van der Waals surface area contributed by atoms with Gasteiger partial charge in [0.15, 0.2) is 0 Å². The van der Waals surface area contributed by atoms with Crippen LogP contribution in [0, 0.1) is 11.2 Å². The highest BCUT2D eigenvalue weighted by Crippen LogP contribution is 2.45. The molecular weight excluding hydrogens is 483 g/mol. The van der Waals surface area contributed by atoms with Crippen molar-refractivity contribution >= 4 is 28.5 Å². The second-order valence-electron chi connectivity index (χ2n) is 13.1. The topological polar surface area (TPSA) is 77.7 Å². The first-order valence-corrected chi connectivity index (χ1v) is 13.9. The molecule has 0 radical (unpaired) electrons. The first-order chi connectivity index (χ1) is 17.8. The summed E-state index contributed by atoms with van der Waals surface area (Å²) in [5.41, 5.74) is 1.65. The number of carbonyl (C=O) groups excluding carboxylic acids is 2. The molecule has 3 unspecified atom stereocenters. The van der Waals surface area contributed by atoms with E-state index >= 15 is 0 Å². The summed E-state index contributed by atoms with van der Waals surface area (Å²) in [4.78, 5) is 34.7. The average Bonchev–Trinajstić information content (AvgIpc) is 3.58. The van der Waals surface area contributed by atoms with E-state index in [9.17, 15) is 14.0 Å². The first-order valence-electron chi connectivity index (χ1n) is 13.9. The van der Waals surface area contributed by atoms with Crippen LogP contribution in [0.3, 0.4) is 0 Å². The number of ether oxygens (including phenoxy) is 1. The monoisotopic (exact) mass is 524 g/mol. The minimum absolute atomic E-state index is 0.0964. The molecule has 1 aliphatic carbocycles. The van der Waals surface area contributed by atoms with Crippen LogP contribution in [0.25, 0.3) is 16.5 Å². The van der Waals surface area contributed by atoms with E-state index < -0.39 is 23.2 Å². The number of nitrogens with zero attached hydrogens (tertiary/aromatic N) is 2. The lowest BCUT2D eigenvalue weighted by molar-refractivity contribution is -0.136. The number of benzene rings is 1. The third kappa shape index (κ3) is 5.02. The number of H-pyrrole nitrogens is 1. The number of fused-ring (bicyclic) bond motifs is 2. The van der Waals surface area contributed by atoms with Crippen molar-refractivity contribution < 1.29 is 18.7 Å². The minimum Gasteiger partial charge on any atom is -0.444 e. The summed E-state index contributed by atoms with van der Waals surface area (Å²) in [6, 6.07) is 4.58. The van der Waals surface area contributed by atoms with Crippen molar-refractivity contribution in [1.82, 2.24) is 20.1 Å². The van der Waals surface area contributed by atoms with Gasteiger partial charge in [-0.2, -0.15) is 0 Å². The van der Waals surface area contributed by atoms with Gasteiger partial charge in [-0.3, -0.25) is 4.79 Å². The van der Waals surface area contributed by atoms with E-state index in [1.165, 1.54) is 25.0 Å². The molecule has 5 rings (SSSR count). The van der Waals surface area contributed by atoms with E-state index in [2.05, 4.69) is 21.4 Å². The third-order valence-corrected chi connectivity index (χ3v) is 8.11. The molecule has 0 bridgehead atoms. The Bertz CT molecular complexity index is 1250. The lowest BCUT2D eigenvalue weighted by Crippen LogP contribution is -2.57. The fourth-order valence-electron chi connectivity index (χ4n) is 6.43. The molecule has 38 heavy (non-hydrogen) atoms. The number of hydrogen-bond donors (Lipinski definition) is 2. The van der Waals surface area contributed by atoms with Crippen molar-refractivity contribution in [2.45, 2.75) is 103 Å². The maximum Gasteiger partial charge on any atom is 0.408 e. The van der Waals surface area contributed by atoms with Crippen LogP contribution in [-0.4, -0.2) is 63.1 Å². The number of aromatic amines is 1. The highest BCUT2D eigenvalue weighted by molar-refractivity contribution is 5.96. The van der Waals surface area contributed by atoms with Gasteiger partial charge in [0.05, 0.1) is 12.1 Å². The molecule has 1 aromatic heterocycles. The molecule has 0 spiro atoms. The number of aromatic nitrogens is 1. The van der Waals surface area contributed by atoms with E-state index in [-0.39, 0.29) is 23.8 Å². The van der Waals surface area contributed by atoms with Crippen LogP contribution >= 0.6 is 0 Å². The van der Waals surface area contributed by atoms with Crippen molar-refractivity contribution in [2.75, 3.05) is 6.54 Å². The molecule has 1 saturated heterocycles. The number of halogens is 1. The first kappa shape index (κ1) is 26.6. The molecule has 3 aliphatic rings. The summed E-state index contributed by atoms with van der Waals surface area (Å²) >= 11 is 0. The van der Waals surface area contributed by atoms with Gasteiger partial charge in [0.2, 0.25) is 5.91 Å². The van der Waals surface area contributed by atoms with Crippen LogP contribution < -0.4 is 5.32 Å². The van der Waals surface area contributed by atoms with Gasteiger partial charge in [-0.25, -0.2) is 9.18 Å². The number of alkyl carbamates (subject to hydrolysis) is 1. The molecular formula is C30H41FN4O3. The molecule has 7 nitrogen and oxygen atoms in total. The third-order valence-electron chi connectivity index (χ3n) is 8.11. The zero-order valence-corrected chi connectivity index (χ0v) is 23.4. The Hall–Kier alpha value is -3.03. The van der Waals surface area contributed by atoms with E-state index in [4.69, 9.17) is 4.74 Å². The van der Waals surface area contributed by atoms with Gasteiger partial charge < -0.3 is 24.8 Å². The highest BCUT2D eigenvalue weighted by Gasteiger charge is 2.50. The quantitative estimate of drug-likeness (QED) is 0.529. The second kappa shape index (κ2) is 9.62. The molecule has 2 aromatic rings. The van der Waals surface area contributed by atoms with Gasteiger partial charge in [0, 0.05) is 47.0 Å². The molecule has 1 saturated carbocycles. The molecule has 1 aromatic carbocycles. The van der Waals surface area contributed by atoms with Crippen molar-refractivity contribution in [3.05, 3.63) is 42.0 Å². The Morgan fingerprint density at radius 2 is 1.82 bits per heavy atom. The largest absolute Gasteiger partial charge is 0.444 e. The van der Waals surface area contributed by atoms with E-state index in [1.54, 1.807) is 0 Å². The zero-order valence-electron chi connectivity index (χ0n) is 23.4. The smallest absolute Gasteiger partial charge is 0.408 e. The van der Waals surface area contributed by atoms with Crippen LogP contribution in [-0.2, 0) is 9.53 Å². The summed E-state index contributed by atoms with van der Waals surface area (Å²) in [5, 5.41) is 3.84. The van der Waals surface area contributed by atoms with Crippen LogP contribution in [0.4, 0.5) is 9.18 Å². The molecule has 3 atom stereocenters. The van der Waals surface area contributed by atoms with E-state index in [0.717, 1.165) is 41.3 Å². The Balaban J connectivity index is 1.50. The average molecular weight is 525 g/mol. The Labute approximate surface area is 224 Å². The van der Waals surface area contributed by atoms with Gasteiger partial charge in [-0.15, -0.1) is 0 Å². The van der Waals surface area contributed by atoms with Gasteiger partial charge in [-0.1, -0.05) is 33.6 Å². The lowest BCUT2D eigenvalue weighted by atomic mass is 9.85. The lowest BCUT2D eigenvalue weighted by Gasteiger charge is -2.37.